The van der Waals surface area contributed by atoms with E-state index in [-0.39, 0.29) is 11.9 Å². The van der Waals surface area contributed by atoms with Gasteiger partial charge < -0.3 is 24.3 Å². The molecule has 1 atom stereocenters. The summed E-state index contributed by atoms with van der Waals surface area (Å²) < 4.78 is 22.2. The lowest BCUT2D eigenvalue weighted by Gasteiger charge is -2.27. The van der Waals surface area contributed by atoms with E-state index in [4.69, 9.17) is 18.9 Å². The van der Waals surface area contributed by atoms with E-state index in [0.717, 1.165) is 18.4 Å². The zero-order valence-electron chi connectivity index (χ0n) is 18.5. The fourth-order valence-electron chi connectivity index (χ4n) is 3.29. The lowest BCUT2D eigenvalue weighted by Crippen LogP contribution is -2.47. The number of methoxy groups -OCH3 is 3. The molecule has 0 aromatic heterocycles. The molecule has 1 saturated carbocycles. The van der Waals surface area contributed by atoms with E-state index in [1.165, 1.54) is 0 Å². The Kier molecular flexibility index (Phi) is 8.55. The zero-order valence-corrected chi connectivity index (χ0v) is 18.5. The molecular weight excluding hydrogens is 396 g/mol. The smallest absolute Gasteiger partial charge is 0.262 e. The second-order valence-corrected chi connectivity index (χ2v) is 7.62. The number of para-hydroxylation sites is 1. The predicted molar refractivity (Wildman–Crippen MR) is 119 cm³/mol. The van der Waals surface area contributed by atoms with Gasteiger partial charge in [-0.25, -0.2) is 0 Å². The van der Waals surface area contributed by atoms with Crippen LogP contribution >= 0.6 is 0 Å². The second-order valence-electron chi connectivity index (χ2n) is 7.62. The number of carbonyl (C=O) groups excluding carboxylic acids is 1. The number of carbonyl (C=O) groups is 1. The molecule has 1 aliphatic carbocycles. The monoisotopic (exact) mass is 428 g/mol. The van der Waals surface area contributed by atoms with E-state index in [9.17, 15) is 4.79 Å². The number of rotatable bonds is 13. The van der Waals surface area contributed by atoms with Crippen molar-refractivity contribution >= 4 is 5.91 Å². The summed E-state index contributed by atoms with van der Waals surface area (Å²) in [7, 11) is 4.91. The molecule has 7 nitrogen and oxygen atoms in total. The molecule has 0 aliphatic heterocycles. The van der Waals surface area contributed by atoms with Crippen molar-refractivity contribution in [2.75, 3.05) is 41.0 Å². The summed E-state index contributed by atoms with van der Waals surface area (Å²) in [5.74, 6) is 1.95. The molecule has 7 heteroatoms. The number of hydrogen-bond acceptors (Lipinski definition) is 6. The lowest BCUT2D eigenvalue weighted by molar-refractivity contribution is -0.129. The third kappa shape index (κ3) is 7.15. The maximum absolute atomic E-state index is 12.9. The van der Waals surface area contributed by atoms with E-state index in [1.807, 2.05) is 48.5 Å². The van der Waals surface area contributed by atoms with Crippen LogP contribution in [0, 0.1) is 0 Å². The maximum atomic E-state index is 12.9. The molecule has 0 spiro atoms. The van der Waals surface area contributed by atoms with Gasteiger partial charge >= 0.3 is 0 Å². The number of nitrogens with zero attached hydrogens (tertiary/aromatic N) is 1. The summed E-state index contributed by atoms with van der Waals surface area (Å²) in [5.41, 5.74) is 1.05. The fraction of sp³-hybridized carbons (Fsp3) is 0.458. The van der Waals surface area contributed by atoms with Crippen LogP contribution in [0.15, 0.2) is 48.5 Å². The number of nitrogens with one attached hydrogen (secondary N) is 1. The van der Waals surface area contributed by atoms with Crippen molar-refractivity contribution in [3.05, 3.63) is 54.1 Å². The Labute approximate surface area is 184 Å². The highest BCUT2D eigenvalue weighted by Crippen LogP contribution is 2.28. The predicted octanol–water partition coefficient (Wildman–Crippen LogP) is 2.88. The van der Waals surface area contributed by atoms with Gasteiger partial charge in [0.2, 0.25) is 0 Å². The lowest BCUT2D eigenvalue weighted by atomic mass is 10.1. The summed E-state index contributed by atoms with van der Waals surface area (Å²) in [6, 6.07) is 15.6. The van der Waals surface area contributed by atoms with Crippen molar-refractivity contribution in [3.8, 4) is 17.2 Å². The summed E-state index contributed by atoms with van der Waals surface area (Å²) >= 11 is 0. The molecule has 31 heavy (non-hydrogen) atoms. The fourth-order valence-corrected chi connectivity index (χ4v) is 3.29. The summed E-state index contributed by atoms with van der Waals surface area (Å²) in [4.78, 5) is 15.1. The number of benzene rings is 2. The summed E-state index contributed by atoms with van der Waals surface area (Å²) in [6.07, 6.45) is 1.44. The normalized spacial score (nSPS) is 14.2. The molecule has 0 radical (unpaired) electrons. The molecule has 1 N–H and O–H groups in total. The van der Waals surface area contributed by atoms with Crippen LogP contribution in [0.3, 0.4) is 0 Å². The third-order valence-corrected chi connectivity index (χ3v) is 5.13. The molecule has 0 bridgehead atoms. The van der Waals surface area contributed by atoms with E-state index in [0.29, 0.717) is 43.5 Å². The van der Waals surface area contributed by atoms with E-state index in [1.54, 1.807) is 21.3 Å². The molecular formula is C24H32N2O5. The van der Waals surface area contributed by atoms with Crippen LogP contribution in [0.2, 0.25) is 0 Å². The zero-order chi connectivity index (χ0) is 22.1. The second kappa shape index (κ2) is 11.6. The van der Waals surface area contributed by atoms with Crippen LogP contribution < -0.4 is 19.5 Å². The highest BCUT2D eigenvalue weighted by atomic mass is 16.5. The average Bonchev–Trinajstić information content (AvgIpc) is 3.61. The Balaban J connectivity index is 1.75. The molecule has 2 aromatic carbocycles. The van der Waals surface area contributed by atoms with Gasteiger partial charge in [0, 0.05) is 32.8 Å². The summed E-state index contributed by atoms with van der Waals surface area (Å²) in [6.45, 7) is 2.27. The van der Waals surface area contributed by atoms with Crippen LogP contribution in [0.1, 0.15) is 18.4 Å². The molecule has 0 saturated heterocycles. The minimum Gasteiger partial charge on any atom is -0.493 e. The van der Waals surface area contributed by atoms with E-state index < -0.39 is 6.10 Å². The van der Waals surface area contributed by atoms with E-state index in [2.05, 4.69) is 10.2 Å². The van der Waals surface area contributed by atoms with Gasteiger partial charge in [0.05, 0.1) is 20.8 Å². The molecule has 1 unspecified atom stereocenters. The minimum atomic E-state index is -0.625. The van der Waals surface area contributed by atoms with Gasteiger partial charge in [-0.05, 0) is 42.7 Å². The van der Waals surface area contributed by atoms with Gasteiger partial charge in [0.15, 0.2) is 17.6 Å². The van der Waals surface area contributed by atoms with E-state index >= 15 is 0 Å². The SMILES string of the molecule is COCCN(Cc1ccc(OC)c(OC)c1)CC(Oc1ccccc1)C(=O)NC1CC1. The van der Waals surface area contributed by atoms with Crippen LogP contribution in [0.4, 0.5) is 0 Å². The molecule has 1 amide bonds. The van der Waals surface area contributed by atoms with Gasteiger partial charge in [-0.3, -0.25) is 9.69 Å². The largest absolute Gasteiger partial charge is 0.493 e. The quantitative estimate of drug-likeness (QED) is 0.529. The Morgan fingerprint density at radius 1 is 1.06 bits per heavy atom. The Morgan fingerprint density at radius 3 is 2.45 bits per heavy atom. The molecule has 168 valence electrons. The maximum Gasteiger partial charge on any atom is 0.262 e. The standard InChI is InChI=1S/C24H32N2O5/c1-28-14-13-26(16-18-9-12-21(29-2)22(15-18)30-3)17-23(24(27)25-19-10-11-19)31-20-7-5-4-6-8-20/h4-9,12,15,19,23H,10-11,13-14,16-17H2,1-3H3,(H,25,27). The average molecular weight is 429 g/mol. The number of ether oxygens (including phenoxy) is 4. The van der Waals surface area contributed by atoms with Crippen molar-refractivity contribution < 1.29 is 23.7 Å². The Hall–Kier alpha value is -2.77. The Morgan fingerprint density at radius 2 is 1.81 bits per heavy atom. The highest BCUT2D eigenvalue weighted by Gasteiger charge is 2.30. The van der Waals surface area contributed by atoms with Crippen LogP contribution in [0.25, 0.3) is 0 Å². The van der Waals surface area contributed by atoms with Gasteiger partial charge in [0.25, 0.3) is 5.91 Å². The number of hydrogen-bond donors (Lipinski definition) is 1. The Bertz CT molecular complexity index is 826. The van der Waals surface area contributed by atoms with Crippen molar-refractivity contribution in [2.24, 2.45) is 0 Å². The van der Waals surface area contributed by atoms with Crippen molar-refractivity contribution in [2.45, 2.75) is 31.5 Å². The van der Waals surface area contributed by atoms with Gasteiger partial charge in [-0.2, -0.15) is 0 Å². The summed E-state index contributed by atoms with van der Waals surface area (Å²) in [5, 5.41) is 3.07. The molecule has 0 heterocycles. The first-order valence-electron chi connectivity index (χ1n) is 10.6. The van der Waals surface area contributed by atoms with Gasteiger partial charge in [-0.1, -0.05) is 24.3 Å². The van der Waals surface area contributed by atoms with Crippen LogP contribution in [0.5, 0.6) is 17.2 Å². The minimum absolute atomic E-state index is 0.0823. The van der Waals surface area contributed by atoms with Crippen LogP contribution in [-0.2, 0) is 16.1 Å². The molecule has 3 rings (SSSR count). The first-order chi connectivity index (χ1) is 15.1. The number of amides is 1. The van der Waals surface area contributed by atoms with Crippen molar-refractivity contribution in [3.63, 3.8) is 0 Å². The highest BCUT2D eigenvalue weighted by molar-refractivity contribution is 5.82. The first-order valence-corrected chi connectivity index (χ1v) is 10.6. The van der Waals surface area contributed by atoms with Crippen molar-refractivity contribution in [1.29, 1.82) is 0 Å². The van der Waals surface area contributed by atoms with Crippen molar-refractivity contribution in [1.82, 2.24) is 10.2 Å². The topological polar surface area (TPSA) is 69.3 Å². The molecule has 1 fully saturated rings. The van der Waals surface area contributed by atoms with Gasteiger partial charge in [-0.15, -0.1) is 0 Å². The first kappa shape index (κ1) is 22.9. The van der Waals surface area contributed by atoms with Crippen LogP contribution in [-0.4, -0.2) is 64.0 Å². The molecule has 1 aliphatic rings. The van der Waals surface area contributed by atoms with Gasteiger partial charge in [0.1, 0.15) is 5.75 Å². The molecule has 2 aromatic rings. The third-order valence-electron chi connectivity index (χ3n) is 5.13.